The highest BCUT2D eigenvalue weighted by atomic mass is 16.5. The Morgan fingerprint density at radius 1 is 1.42 bits per heavy atom. The monoisotopic (exact) mass is 334 g/mol. The number of rotatable bonds is 6. The zero-order valence-corrected chi connectivity index (χ0v) is 14.2. The summed E-state index contributed by atoms with van der Waals surface area (Å²) in [4.78, 5) is 24.3. The number of carbonyl (C=O) groups excluding carboxylic acids is 1. The number of aromatic nitrogens is 1. The van der Waals surface area contributed by atoms with Crippen LogP contribution in [0.4, 0.5) is 0 Å². The van der Waals surface area contributed by atoms with E-state index in [1.54, 1.807) is 16.8 Å². The van der Waals surface area contributed by atoms with Crippen LogP contribution in [0.2, 0.25) is 0 Å². The molecule has 1 aliphatic heterocycles. The van der Waals surface area contributed by atoms with Crippen molar-refractivity contribution < 1.29 is 14.3 Å². The van der Waals surface area contributed by atoms with Crippen molar-refractivity contribution in [3.8, 4) is 0 Å². The van der Waals surface area contributed by atoms with Crippen molar-refractivity contribution >= 4 is 5.91 Å². The third-order valence-corrected chi connectivity index (χ3v) is 4.99. The zero-order chi connectivity index (χ0) is 16.9. The first kappa shape index (κ1) is 17.2. The summed E-state index contributed by atoms with van der Waals surface area (Å²) in [7, 11) is 0. The van der Waals surface area contributed by atoms with E-state index in [2.05, 4.69) is 5.32 Å². The first-order valence-corrected chi connectivity index (χ1v) is 8.88. The van der Waals surface area contributed by atoms with Crippen LogP contribution in [0.5, 0.6) is 0 Å². The van der Waals surface area contributed by atoms with Crippen LogP contribution in [0.1, 0.15) is 43.0 Å². The third-order valence-electron chi connectivity index (χ3n) is 4.99. The summed E-state index contributed by atoms with van der Waals surface area (Å²) in [5, 5.41) is 3.02. The topological polar surface area (TPSA) is 69.6 Å². The molecule has 6 heteroatoms. The first-order chi connectivity index (χ1) is 11.7. The molecule has 2 atom stereocenters. The number of nitrogens with one attached hydrogen (secondary N) is 1. The van der Waals surface area contributed by atoms with Crippen LogP contribution >= 0.6 is 0 Å². The second-order valence-electron chi connectivity index (χ2n) is 6.65. The molecule has 3 rings (SSSR count). The van der Waals surface area contributed by atoms with Crippen molar-refractivity contribution in [2.45, 2.75) is 51.3 Å². The Bertz CT molecular complexity index is 624. The lowest BCUT2D eigenvalue weighted by Gasteiger charge is -2.34. The predicted octanol–water partition coefficient (Wildman–Crippen LogP) is 1.57. The number of hydrogen-bond donors (Lipinski definition) is 1. The molecular weight excluding hydrogens is 308 g/mol. The molecule has 1 aromatic heterocycles. The standard InChI is InChI=1S/C18H26N2O4/c1-2-20-8-6-14(10-17(20)21)18(22)19-15-7-9-23-12-16(15)24-11-13-4-3-5-13/h6,8,10,13,15-16H,2-5,7,9,11-12H2,1H3,(H,19,22)/t15-,16-/m1/s1. The molecule has 1 N–H and O–H groups in total. The molecule has 24 heavy (non-hydrogen) atoms. The molecule has 1 aliphatic carbocycles. The van der Waals surface area contributed by atoms with E-state index in [-0.39, 0.29) is 23.6 Å². The van der Waals surface area contributed by atoms with Crippen molar-refractivity contribution in [3.63, 3.8) is 0 Å². The van der Waals surface area contributed by atoms with Crippen molar-refractivity contribution in [1.29, 1.82) is 0 Å². The Morgan fingerprint density at radius 3 is 2.92 bits per heavy atom. The van der Waals surface area contributed by atoms with Gasteiger partial charge in [0, 0.05) is 37.6 Å². The molecule has 0 unspecified atom stereocenters. The largest absolute Gasteiger partial charge is 0.379 e. The van der Waals surface area contributed by atoms with Gasteiger partial charge in [0.25, 0.3) is 11.5 Å². The maximum Gasteiger partial charge on any atom is 0.251 e. The lowest BCUT2D eigenvalue weighted by Crippen LogP contribution is -2.50. The van der Waals surface area contributed by atoms with Crippen LogP contribution < -0.4 is 10.9 Å². The molecule has 6 nitrogen and oxygen atoms in total. The Hall–Kier alpha value is -1.66. The lowest BCUT2D eigenvalue weighted by molar-refractivity contribution is -0.0819. The summed E-state index contributed by atoms with van der Waals surface area (Å²) in [6, 6.07) is 3.01. The van der Waals surface area contributed by atoms with E-state index in [1.807, 2.05) is 6.92 Å². The normalized spacial score (nSPS) is 24.4. The highest BCUT2D eigenvalue weighted by Gasteiger charge is 2.30. The van der Waals surface area contributed by atoms with Gasteiger partial charge in [-0.1, -0.05) is 6.42 Å². The van der Waals surface area contributed by atoms with Crippen molar-refractivity contribution in [2.24, 2.45) is 5.92 Å². The van der Waals surface area contributed by atoms with E-state index in [1.165, 1.54) is 25.3 Å². The average Bonchev–Trinajstić information content (AvgIpc) is 2.54. The van der Waals surface area contributed by atoms with Crippen molar-refractivity contribution in [3.05, 3.63) is 34.2 Å². The molecule has 132 valence electrons. The van der Waals surface area contributed by atoms with E-state index < -0.39 is 0 Å². The quantitative estimate of drug-likeness (QED) is 0.857. The van der Waals surface area contributed by atoms with Gasteiger partial charge in [0.05, 0.1) is 12.6 Å². The average molecular weight is 334 g/mol. The van der Waals surface area contributed by atoms with Crippen molar-refractivity contribution in [2.75, 3.05) is 19.8 Å². The minimum Gasteiger partial charge on any atom is -0.379 e. The highest BCUT2D eigenvalue weighted by Crippen LogP contribution is 2.27. The molecule has 0 radical (unpaired) electrons. The molecule has 0 spiro atoms. The minimum absolute atomic E-state index is 0.0695. The maximum atomic E-state index is 12.5. The smallest absolute Gasteiger partial charge is 0.251 e. The summed E-state index contributed by atoms with van der Waals surface area (Å²) in [5.41, 5.74) is 0.240. The van der Waals surface area contributed by atoms with Crippen molar-refractivity contribution in [1.82, 2.24) is 9.88 Å². The van der Waals surface area contributed by atoms with Crippen LogP contribution in [0.25, 0.3) is 0 Å². The Balaban J connectivity index is 1.60. The predicted molar refractivity (Wildman–Crippen MR) is 90.1 cm³/mol. The highest BCUT2D eigenvalue weighted by molar-refractivity contribution is 5.94. The van der Waals surface area contributed by atoms with Gasteiger partial charge < -0.3 is 19.4 Å². The molecule has 0 aromatic carbocycles. The summed E-state index contributed by atoms with van der Waals surface area (Å²) in [5.74, 6) is 0.435. The summed E-state index contributed by atoms with van der Waals surface area (Å²) < 4.78 is 13.1. The van der Waals surface area contributed by atoms with Crippen LogP contribution in [-0.4, -0.2) is 42.4 Å². The fourth-order valence-corrected chi connectivity index (χ4v) is 3.12. The first-order valence-electron chi connectivity index (χ1n) is 8.88. The van der Waals surface area contributed by atoms with Crippen LogP contribution in [0.15, 0.2) is 23.1 Å². The molecule has 2 aliphatic rings. The SMILES string of the molecule is CCn1ccc(C(=O)N[C@@H]2CCOC[C@H]2OCC2CCC2)cc1=O. The lowest BCUT2D eigenvalue weighted by atomic mass is 9.86. The molecule has 0 bridgehead atoms. The molecule has 1 saturated heterocycles. The van der Waals surface area contributed by atoms with E-state index in [0.717, 1.165) is 13.0 Å². The van der Waals surface area contributed by atoms with Crippen LogP contribution in [0, 0.1) is 5.92 Å². The van der Waals surface area contributed by atoms with Gasteiger partial charge in [-0.2, -0.15) is 0 Å². The minimum atomic E-state index is -0.223. The van der Waals surface area contributed by atoms with Gasteiger partial charge in [-0.15, -0.1) is 0 Å². The fourth-order valence-electron chi connectivity index (χ4n) is 3.12. The van der Waals surface area contributed by atoms with Gasteiger partial charge in [-0.05, 0) is 38.2 Å². The second-order valence-corrected chi connectivity index (χ2v) is 6.65. The molecular formula is C18H26N2O4. The molecule has 2 fully saturated rings. The molecule has 2 heterocycles. The van der Waals surface area contributed by atoms with Gasteiger partial charge >= 0.3 is 0 Å². The van der Waals surface area contributed by atoms with E-state index in [0.29, 0.717) is 31.2 Å². The summed E-state index contributed by atoms with van der Waals surface area (Å²) in [6.45, 7) is 4.36. The maximum absolute atomic E-state index is 12.5. The number of aryl methyl sites for hydroxylation is 1. The Kier molecular flexibility index (Phi) is 5.68. The summed E-state index contributed by atoms with van der Waals surface area (Å²) >= 11 is 0. The van der Waals surface area contributed by atoms with Gasteiger partial charge in [0.2, 0.25) is 0 Å². The number of ether oxygens (including phenoxy) is 2. The van der Waals surface area contributed by atoms with Crippen LogP contribution in [-0.2, 0) is 16.0 Å². The third kappa shape index (κ3) is 4.05. The molecule has 1 aromatic rings. The van der Waals surface area contributed by atoms with Crippen LogP contribution in [0.3, 0.4) is 0 Å². The Morgan fingerprint density at radius 2 is 2.25 bits per heavy atom. The fraction of sp³-hybridized carbons (Fsp3) is 0.667. The number of carbonyl (C=O) groups is 1. The van der Waals surface area contributed by atoms with E-state index in [9.17, 15) is 9.59 Å². The zero-order valence-electron chi connectivity index (χ0n) is 14.2. The van der Waals surface area contributed by atoms with E-state index in [4.69, 9.17) is 9.47 Å². The number of pyridine rings is 1. The van der Waals surface area contributed by atoms with E-state index >= 15 is 0 Å². The Labute approximate surface area is 142 Å². The van der Waals surface area contributed by atoms with Gasteiger partial charge in [-0.3, -0.25) is 9.59 Å². The second kappa shape index (κ2) is 7.94. The number of nitrogens with zero attached hydrogens (tertiary/aromatic N) is 1. The number of hydrogen-bond acceptors (Lipinski definition) is 4. The summed E-state index contributed by atoms with van der Waals surface area (Å²) in [6.07, 6.45) is 6.04. The van der Waals surface area contributed by atoms with Gasteiger partial charge in [-0.25, -0.2) is 0 Å². The molecule has 1 saturated carbocycles. The number of amides is 1. The van der Waals surface area contributed by atoms with Gasteiger partial charge in [0.1, 0.15) is 6.10 Å². The molecule has 1 amide bonds. The van der Waals surface area contributed by atoms with Gasteiger partial charge in [0.15, 0.2) is 0 Å².